The highest BCUT2D eigenvalue weighted by Gasteiger charge is 2.18. The van der Waals surface area contributed by atoms with Crippen LogP contribution in [-0.2, 0) is 16.0 Å². The Hall–Kier alpha value is -2.35. The molecule has 0 atom stereocenters. The van der Waals surface area contributed by atoms with E-state index < -0.39 is 0 Å². The van der Waals surface area contributed by atoms with Gasteiger partial charge in [0.2, 0.25) is 11.8 Å². The van der Waals surface area contributed by atoms with E-state index in [1.54, 1.807) is 24.3 Å². The molecule has 86 valence electrons. The highest BCUT2D eigenvalue weighted by molar-refractivity contribution is 5.98. The second-order valence-corrected chi connectivity index (χ2v) is 3.76. The van der Waals surface area contributed by atoms with Crippen LogP contribution in [0.3, 0.4) is 0 Å². The van der Waals surface area contributed by atoms with Gasteiger partial charge in [-0.2, -0.15) is 5.26 Å². The van der Waals surface area contributed by atoms with Gasteiger partial charge in [-0.05, 0) is 24.1 Å². The van der Waals surface area contributed by atoms with Crippen molar-refractivity contribution < 1.29 is 9.59 Å². The number of anilines is 2. The molecule has 0 saturated carbocycles. The van der Waals surface area contributed by atoms with Gasteiger partial charge in [0.05, 0.1) is 6.07 Å². The molecule has 1 aromatic carbocycles. The molecule has 1 aliphatic rings. The number of carbonyl (C=O) groups excluding carboxylic acids is 2. The molecule has 5 nitrogen and oxygen atoms in total. The van der Waals surface area contributed by atoms with Gasteiger partial charge in [-0.1, -0.05) is 6.07 Å². The Morgan fingerprint density at radius 1 is 1.47 bits per heavy atom. The zero-order valence-corrected chi connectivity index (χ0v) is 9.12. The summed E-state index contributed by atoms with van der Waals surface area (Å²) in [6, 6.07) is 7.12. The average molecular weight is 229 g/mol. The minimum absolute atomic E-state index is 0.0157. The smallest absolute Gasteiger partial charge is 0.238 e. The summed E-state index contributed by atoms with van der Waals surface area (Å²) in [7, 11) is 0. The Bertz CT molecular complexity index is 517. The molecule has 0 spiro atoms. The second-order valence-electron chi connectivity index (χ2n) is 3.76. The lowest BCUT2D eigenvalue weighted by atomic mass is 10.0. The van der Waals surface area contributed by atoms with Crippen molar-refractivity contribution in [2.75, 3.05) is 10.6 Å². The molecule has 0 aliphatic carbocycles. The molecule has 0 bridgehead atoms. The average Bonchev–Trinajstić information content (AvgIpc) is 2.29. The number of carbonyl (C=O) groups is 2. The van der Waals surface area contributed by atoms with Crippen molar-refractivity contribution in [3.63, 3.8) is 0 Å². The van der Waals surface area contributed by atoms with Crippen LogP contribution >= 0.6 is 0 Å². The Labute approximate surface area is 98.4 Å². The van der Waals surface area contributed by atoms with E-state index >= 15 is 0 Å². The molecule has 5 heteroatoms. The Kier molecular flexibility index (Phi) is 3.06. The topological polar surface area (TPSA) is 82.0 Å². The highest BCUT2D eigenvalue weighted by atomic mass is 16.2. The summed E-state index contributed by atoms with van der Waals surface area (Å²) in [4.78, 5) is 22.6. The fourth-order valence-electron chi connectivity index (χ4n) is 1.81. The van der Waals surface area contributed by atoms with Crippen molar-refractivity contribution in [2.24, 2.45) is 0 Å². The molecule has 2 rings (SSSR count). The van der Waals surface area contributed by atoms with Crippen molar-refractivity contribution in [2.45, 2.75) is 19.3 Å². The predicted octanol–water partition coefficient (Wildman–Crippen LogP) is 1.42. The molecular formula is C12H11N3O2. The van der Waals surface area contributed by atoms with Gasteiger partial charge in [-0.25, -0.2) is 0 Å². The monoisotopic (exact) mass is 229 g/mol. The maximum Gasteiger partial charge on any atom is 0.238 e. The van der Waals surface area contributed by atoms with Crippen molar-refractivity contribution in [3.05, 3.63) is 23.8 Å². The minimum Gasteiger partial charge on any atom is -0.326 e. The molecule has 1 heterocycles. The van der Waals surface area contributed by atoms with Crippen LogP contribution in [0.2, 0.25) is 0 Å². The molecule has 17 heavy (non-hydrogen) atoms. The van der Waals surface area contributed by atoms with E-state index in [-0.39, 0.29) is 18.2 Å². The summed E-state index contributed by atoms with van der Waals surface area (Å²) in [6.07, 6.45) is 0.846. The van der Waals surface area contributed by atoms with E-state index in [0.717, 1.165) is 11.3 Å². The predicted molar refractivity (Wildman–Crippen MR) is 62.3 cm³/mol. The lowest BCUT2D eigenvalue weighted by molar-refractivity contribution is -0.116. The SMILES string of the molecule is N#CCC(=O)Nc1cccc2c1CCC(=O)N2. The lowest BCUT2D eigenvalue weighted by Crippen LogP contribution is -2.21. The molecule has 0 radical (unpaired) electrons. The summed E-state index contributed by atoms with van der Waals surface area (Å²) in [5.74, 6) is -0.351. The van der Waals surface area contributed by atoms with Crippen LogP contribution in [0.5, 0.6) is 0 Å². The molecule has 1 aromatic rings. The van der Waals surface area contributed by atoms with Gasteiger partial charge >= 0.3 is 0 Å². The summed E-state index contributed by atoms with van der Waals surface area (Å²) < 4.78 is 0. The Morgan fingerprint density at radius 3 is 3.06 bits per heavy atom. The van der Waals surface area contributed by atoms with Gasteiger partial charge in [0.1, 0.15) is 6.42 Å². The molecular weight excluding hydrogens is 218 g/mol. The van der Waals surface area contributed by atoms with Crippen LogP contribution in [-0.4, -0.2) is 11.8 Å². The summed E-state index contributed by atoms with van der Waals surface area (Å²) in [5, 5.41) is 13.8. The van der Waals surface area contributed by atoms with Gasteiger partial charge in [-0.3, -0.25) is 9.59 Å². The number of amides is 2. The number of nitriles is 1. The Morgan fingerprint density at radius 2 is 2.29 bits per heavy atom. The van der Waals surface area contributed by atoms with Crippen molar-refractivity contribution in [3.8, 4) is 6.07 Å². The summed E-state index contributed by atoms with van der Waals surface area (Å²) in [6.45, 7) is 0. The number of nitrogens with one attached hydrogen (secondary N) is 2. The maximum atomic E-state index is 11.3. The number of hydrogen-bond acceptors (Lipinski definition) is 3. The van der Waals surface area contributed by atoms with Crippen molar-refractivity contribution in [1.29, 1.82) is 5.26 Å². The quantitative estimate of drug-likeness (QED) is 0.804. The third-order valence-corrected chi connectivity index (χ3v) is 2.57. The van der Waals surface area contributed by atoms with E-state index in [0.29, 0.717) is 18.5 Å². The van der Waals surface area contributed by atoms with Gasteiger partial charge in [0.25, 0.3) is 0 Å². The first kappa shape index (κ1) is 11.1. The van der Waals surface area contributed by atoms with E-state index in [9.17, 15) is 9.59 Å². The van der Waals surface area contributed by atoms with Gasteiger partial charge in [0.15, 0.2) is 0 Å². The molecule has 0 fully saturated rings. The molecule has 1 aliphatic heterocycles. The third-order valence-electron chi connectivity index (χ3n) is 2.57. The highest BCUT2D eigenvalue weighted by Crippen LogP contribution is 2.29. The van der Waals surface area contributed by atoms with Crippen molar-refractivity contribution >= 4 is 23.2 Å². The van der Waals surface area contributed by atoms with Crippen LogP contribution < -0.4 is 10.6 Å². The molecule has 0 saturated heterocycles. The van der Waals surface area contributed by atoms with E-state index in [1.165, 1.54) is 0 Å². The van der Waals surface area contributed by atoms with Crippen LogP contribution in [0.1, 0.15) is 18.4 Å². The normalized spacial score (nSPS) is 13.2. The zero-order valence-electron chi connectivity index (χ0n) is 9.12. The summed E-state index contributed by atoms with van der Waals surface area (Å²) in [5.41, 5.74) is 2.32. The minimum atomic E-state index is -0.335. The van der Waals surface area contributed by atoms with Gasteiger partial charge < -0.3 is 10.6 Å². The molecule has 0 unspecified atom stereocenters. The van der Waals surface area contributed by atoms with E-state index in [1.807, 2.05) is 0 Å². The second kappa shape index (κ2) is 4.66. The summed E-state index contributed by atoms with van der Waals surface area (Å²) >= 11 is 0. The maximum absolute atomic E-state index is 11.3. The lowest BCUT2D eigenvalue weighted by Gasteiger charge is -2.19. The van der Waals surface area contributed by atoms with Crippen LogP contribution in [0, 0.1) is 11.3 Å². The fraction of sp³-hybridized carbons (Fsp3) is 0.250. The largest absolute Gasteiger partial charge is 0.326 e. The standard InChI is InChI=1S/C12H11N3O2/c13-7-6-12(17)15-10-3-1-2-9-8(10)4-5-11(16)14-9/h1-3H,4-6H2,(H,14,16)(H,15,17). The molecule has 0 aromatic heterocycles. The van der Waals surface area contributed by atoms with E-state index in [2.05, 4.69) is 10.6 Å². The van der Waals surface area contributed by atoms with Gasteiger partial charge in [-0.15, -0.1) is 0 Å². The molecule has 2 N–H and O–H groups in total. The number of nitrogens with zero attached hydrogens (tertiary/aromatic N) is 1. The number of hydrogen-bond donors (Lipinski definition) is 2. The first-order valence-corrected chi connectivity index (χ1v) is 5.29. The first-order valence-electron chi connectivity index (χ1n) is 5.29. The van der Waals surface area contributed by atoms with Gasteiger partial charge in [0, 0.05) is 17.8 Å². The fourth-order valence-corrected chi connectivity index (χ4v) is 1.81. The number of benzene rings is 1. The number of fused-ring (bicyclic) bond motifs is 1. The van der Waals surface area contributed by atoms with Crippen LogP contribution in [0.15, 0.2) is 18.2 Å². The Balaban J connectivity index is 2.24. The zero-order chi connectivity index (χ0) is 12.3. The first-order chi connectivity index (χ1) is 8.20. The number of rotatable bonds is 2. The van der Waals surface area contributed by atoms with Crippen molar-refractivity contribution in [1.82, 2.24) is 0 Å². The third kappa shape index (κ3) is 2.42. The van der Waals surface area contributed by atoms with Crippen LogP contribution in [0.25, 0.3) is 0 Å². The molecule has 2 amide bonds. The van der Waals surface area contributed by atoms with E-state index in [4.69, 9.17) is 5.26 Å². The van der Waals surface area contributed by atoms with Crippen LogP contribution in [0.4, 0.5) is 11.4 Å².